The number of aromatic carboxylic acids is 1. The monoisotopic (exact) mass is 422 g/mol. The Kier molecular flexibility index (Phi) is 18.9. The first kappa shape index (κ1) is 28.0. The Morgan fingerprint density at radius 1 is 0.633 bits per heavy atom. The Balaban J connectivity index is 0.000000696. The zero-order valence-corrected chi connectivity index (χ0v) is 18.8. The smallest absolute Gasteiger partial charge is 0.335 e. The summed E-state index contributed by atoms with van der Waals surface area (Å²) in [5, 5.41) is 25.7. The standard InChI is InChI=1S/C18H36O2.C7H6O3/c1-2-3-4-5-6-7-8-9-10-11-12-13-14-15-16-17-18(19)20;8-6-3-1-5(2-4-6)7(9)10/h2-17H2,1H3,(H,19,20);1-4,8H,(H,9,10). The number of carboxylic acids is 2. The first-order chi connectivity index (χ1) is 14.5. The van der Waals surface area contributed by atoms with Crippen LogP contribution in [0.5, 0.6) is 5.75 Å². The van der Waals surface area contributed by atoms with Gasteiger partial charge in [-0.15, -0.1) is 0 Å². The van der Waals surface area contributed by atoms with Gasteiger partial charge < -0.3 is 15.3 Å². The second kappa shape index (κ2) is 20.2. The molecule has 0 aliphatic heterocycles. The molecule has 0 radical (unpaired) electrons. The molecule has 172 valence electrons. The molecule has 0 aromatic heterocycles. The van der Waals surface area contributed by atoms with Crippen molar-refractivity contribution in [3.63, 3.8) is 0 Å². The van der Waals surface area contributed by atoms with Crippen LogP contribution in [0.15, 0.2) is 24.3 Å². The number of aromatic hydroxyl groups is 1. The van der Waals surface area contributed by atoms with Gasteiger partial charge >= 0.3 is 11.9 Å². The number of hydrogen-bond donors (Lipinski definition) is 3. The molecular weight excluding hydrogens is 380 g/mol. The Labute approximate surface area is 182 Å². The third kappa shape index (κ3) is 19.3. The van der Waals surface area contributed by atoms with Crippen molar-refractivity contribution in [2.24, 2.45) is 0 Å². The summed E-state index contributed by atoms with van der Waals surface area (Å²) in [4.78, 5) is 20.6. The Hall–Kier alpha value is -2.04. The lowest BCUT2D eigenvalue weighted by atomic mass is 10.0. The third-order valence-corrected chi connectivity index (χ3v) is 5.11. The number of hydrogen-bond acceptors (Lipinski definition) is 3. The molecule has 3 N–H and O–H groups in total. The molecule has 0 saturated carbocycles. The summed E-state index contributed by atoms with van der Waals surface area (Å²) in [6.45, 7) is 2.27. The van der Waals surface area contributed by atoms with Crippen LogP contribution >= 0.6 is 0 Å². The molecule has 0 amide bonds. The van der Waals surface area contributed by atoms with E-state index in [2.05, 4.69) is 6.92 Å². The van der Waals surface area contributed by atoms with Gasteiger partial charge in [0.15, 0.2) is 0 Å². The van der Waals surface area contributed by atoms with E-state index in [0.29, 0.717) is 6.42 Å². The van der Waals surface area contributed by atoms with Crippen LogP contribution < -0.4 is 0 Å². The number of carbonyl (C=O) groups is 2. The van der Waals surface area contributed by atoms with Crippen LogP contribution in [-0.4, -0.2) is 27.3 Å². The molecule has 0 aliphatic carbocycles. The van der Waals surface area contributed by atoms with Gasteiger partial charge in [0.2, 0.25) is 0 Å². The van der Waals surface area contributed by atoms with E-state index in [1.807, 2.05) is 0 Å². The first-order valence-electron chi connectivity index (χ1n) is 11.7. The lowest BCUT2D eigenvalue weighted by Crippen LogP contribution is -1.93. The normalized spacial score (nSPS) is 10.3. The van der Waals surface area contributed by atoms with Crippen molar-refractivity contribution in [1.82, 2.24) is 0 Å². The van der Waals surface area contributed by atoms with E-state index < -0.39 is 11.9 Å². The maximum atomic E-state index is 10.3. The topological polar surface area (TPSA) is 94.8 Å². The molecule has 0 fully saturated rings. The van der Waals surface area contributed by atoms with Crippen molar-refractivity contribution in [3.05, 3.63) is 29.8 Å². The van der Waals surface area contributed by atoms with Crippen LogP contribution in [0.25, 0.3) is 0 Å². The van der Waals surface area contributed by atoms with Gasteiger partial charge in [-0.1, -0.05) is 96.8 Å². The SMILES string of the molecule is CCCCCCCCCCCCCCCCCC(=O)O.O=C(O)c1ccc(O)cc1. The van der Waals surface area contributed by atoms with E-state index in [4.69, 9.17) is 15.3 Å². The summed E-state index contributed by atoms with van der Waals surface area (Å²) >= 11 is 0. The zero-order valence-electron chi connectivity index (χ0n) is 18.8. The van der Waals surface area contributed by atoms with Crippen molar-refractivity contribution >= 4 is 11.9 Å². The molecule has 0 heterocycles. The highest BCUT2D eigenvalue weighted by atomic mass is 16.4. The van der Waals surface area contributed by atoms with Gasteiger partial charge in [0, 0.05) is 6.42 Å². The van der Waals surface area contributed by atoms with E-state index >= 15 is 0 Å². The molecule has 0 atom stereocenters. The fraction of sp³-hybridized carbons (Fsp3) is 0.680. The molecular formula is C25H42O5. The second-order valence-corrected chi connectivity index (χ2v) is 7.95. The van der Waals surface area contributed by atoms with E-state index in [0.717, 1.165) is 12.8 Å². The molecule has 30 heavy (non-hydrogen) atoms. The van der Waals surface area contributed by atoms with Gasteiger partial charge in [0.05, 0.1) is 5.56 Å². The average molecular weight is 423 g/mol. The number of unbranched alkanes of at least 4 members (excludes halogenated alkanes) is 14. The minimum Gasteiger partial charge on any atom is -0.508 e. The van der Waals surface area contributed by atoms with Crippen LogP contribution in [0.1, 0.15) is 120 Å². The highest BCUT2D eigenvalue weighted by Gasteiger charge is 1.99. The maximum absolute atomic E-state index is 10.3. The van der Waals surface area contributed by atoms with Crippen LogP contribution in [-0.2, 0) is 4.79 Å². The summed E-state index contributed by atoms with van der Waals surface area (Å²) in [6, 6.07) is 5.36. The van der Waals surface area contributed by atoms with Crippen LogP contribution in [0.3, 0.4) is 0 Å². The van der Waals surface area contributed by atoms with E-state index in [1.165, 1.54) is 108 Å². The van der Waals surface area contributed by atoms with Gasteiger partial charge in [-0.25, -0.2) is 4.79 Å². The first-order valence-corrected chi connectivity index (χ1v) is 11.7. The zero-order chi connectivity index (χ0) is 22.5. The molecule has 1 aromatic carbocycles. The number of phenols is 1. The molecule has 1 rings (SSSR count). The molecule has 1 aromatic rings. The minimum absolute atomic E-state index is 0.0741. The largest absolute Gasteiger partial charge is 0.508 e. The number of carboxylic acid groups (broad SMARTS) is 2. The van der Waals surface area contributed by atoms with Gasteiger partial charge in [0.25, 0.3) is 0 Å². The van der Waals surface area contributed by atoms with Gasteiger partial charge in [0.1, 0.15) is 5.75 Å². The lowest BCUT2D eigenvalue weighted by Gasteiger charge is -2.03. The van der Waals surface area contributed by atoms with Crippen molar-refractivity contribution < 1.29 is 24.9 Å². The van der Waals surface area contributed by atoms with Gasteiger partial charge in [-0.3, -0.25) is 4.79 Å². The van der Waals surface area contributed by atoms with Crippen LogP contribution in [0.4, 0.5) is 0 Å². The maximum Gasteiger partial charge on any atom is 0.335 e. The fourth-order valence-electron chi connectivity index (χ4n) is 3.25. The predicted octanol–water partition coefficient (Wildman–Crippen LogP) is 7.42. The van der Waals surface area contributed by atoms with Gasteiger partial charge in [-0.05, 0) is 30.7 Å². The summed E-state index contributed by atoms with van der Waals surface area (Å²) < 4.78 is 0. The number of phenolic OH excluding ortho intramolecular Hbond substituents is 1. The van der Waals surface area contributed by atoms with Crippen molar-refractivity contribution in [3.8, 4) is 5.75 Å². The molecule has 0 saturated heterocycles. The minimum atomic E-state index is -0.986. The average Bonchev–Trinajstić information content (AvgIpc) is 2.71. The Morgan fingerprint density at radius 2 is 1.00 bits per heavy atom. The van der Waals surface area contributed by atoms with E-state index in [9.17, 15) is 9.59 Å². The molecule has 5 nitrogen and oxygen atoms in total. The van der Waals surface area contributed by atoms with E-state index in [1.54, 1.807) is 0 Å². The summed E-state index contributed by atoms with van der Waals surface area (Å²) in [6.07, 6.45) is 20.2. The van der Waals surface area contributed by atoms with Crippen molar-refractivity contribution in [1.29, 1.82) is 0 Å². The van der Waals surface area contributed by atoms with Crippen LogP contribution in [0.2, 0.25) is 0 Å². The molecule has 0 bridgehead atoms. The highest BCUT2D eigenvalue weighted by Crippen LogP contribution is 2.13. The number of aliphatic carboxylic acids is 1. The predicted molar refractivity (Wildman–Crippen MR) is 122 cm³/mol. The van der Waals surface area contributed by atoms with Crippen molar-refractivity contribution in [2.75, 3.05) is 0 Å². The third-order valence-electron chi connectivity index (χ3n) is 5.11. The second-order valence-electron chi connectivity index (χ2n) is 7.95. The molecule has 5 heteroatoms. The summed E-state index contributed by atoms with van der Waals surface area (Å²) in [7, 11) is 0. The van der Waals surface area contributed by atoms with E-state index in [-0.39, 0.29) is 11.3 Å². The van der Waals surface area contributed by atoms with Gasteiger partial charge in [-0.2, -0.15) is 0 Å². The lowest BCUT2D eigenvalue weighted by molar-refractivity contribution is -0.137. The highest BCUT2D eigenvalue weighted by molar-refractivity contribution is 5.87. The molecule has 0 spiro atoms. The number of rotatable bonds is 17. The Morgan fingerprint density at radius 3 is 1.33 bits per heavy atom. The Bertz CT molecular complexity index is 539. The van der Waals surface area contributed by atoms with Crippen LogP contribution in [0, 0.1) is 0 Å². The molecule has 0 unspecified atom stereocenters. The quantitative estimate of drug-likeness (QED) is 0.227. The summed E-state index contributed by atoms with van der Waals surface area (Å²) in [5.41, 5.74) is 0.179. The molecule has 0 aliphatic rings. The summed E-state index contributed by atoms with van der Waals surface area (Å²) in [5.74, 6) is -1.57. The number of benzene rings is 1. The fourth-order valence-corrected chi connectivity index (χ4v) is 3.25. The van der Waals surface area contributed by atoms with Crippen molar-refractivity contribution in [2.45, 2.75) is 110 Å².